The SMILES string of the molecule is CCOC(=O)c1nn(CCN(C)C)c2c1CN(Cc1ccnc3ccccc13)CC2. The van der Waals surface area contributed by atoms with Crippen molar-refractivity contribution in [1.82, 2.24) is 24.6 Å². The van der Waals surface area contributed by atoms with E-state index < -0.39 is 0 Å². The highest BCUT2D eigenvalue weighted by Crippen LogP contribution is 2.26. The van der Waals surface area contributed by atoms with E-state index in [9.17, 15) is 4.79 Å². The van der Waals surface area contributed by atoms with Gasteiger partial charge in [0.25, 0.3) is 0 Å². The Balaban J connectivity index is 1.60. The number of aromatic nitrogens is 3. The number of rotatable bonds is 7. The lowest BCUT2D eigenvalue weighted by Gasteiger charge is -2.28. The van der Waals surface area contributed by atoms with Crippen molar-refractivity contribution >= 4 is 16.9 Å². The molecule has 1 aliphatic heterocycles. The Bertz CT molecular complexity index is 1040. The first-order chi connectivity index (χ1) is 14.6. The van der Waals surface area contributed by atoms with E-state index in [1.807, 2.05) is 44.0 Å². The van der Waals surface area contributed by atoms with Crippen LogP contribution in [0.1, 0.15) is 34.2 Å². The average molecular weight is 408 g/mol. The number of hydrogen-bond acceptors (Lipinski definition) is 6. The van der Waals surface area contributed by atoms with Crippen molar-refractivity contribution in [1.29, 1.82) is 0 Å². The van der Waals surface area contributed by atoms with Gasteiger partial charge in [0.1, 0.15) is 0 Å². The molecule has 4 rings (SSSR count). The zero-order valence-corrected chi connectivity index (χ0v) is 18.0. The van der Waals surface area contributed by atoms with Crippen molar-refractivity contribution in [3.8, 4) is 0 Å². The lowest BCUT2D eigenvalue weighted by molar-refractivity contribution is 0.0515. The van der Waals surface area contributed by atoms with Crippen molar-refractivity contribution < 1.29 is 9.53 Å². The van der Waals surface area contributed by atoms with E-state index in [0.717, 1.165) is 49.4 Å². The molecule has 0 atom stereocenters. The van der Waals surface area contributed by atoms with Crippen molar-refractivity contribution in [3.63, 3.8) is 0 Å². The van der Waals surface area contributed by atoms with Crippen LogP contribution in [0, 0.1) is 0 Å². The third-order valence-corrected chi connectivity index (χ3v) is 5.57. The molecular weight excluding hydrogens is 378 g/mol. The number of ether oxygens (including phenoxy) is 1. The molecule has 0 N–H and O–H groups in total. The largest absolute Gasteiger partial charge is 0.461 e. The number of pyridine rings is 1. The van der Waals surface area contributed by atoms with Crippen LogP contribution < -0.4 is 0 Å². The molecule has 0 bridgehead atoms. The van der Waals surface area contributed by atoms with Crippen molar-refractivity contribution in [3.05, 3.63) is 59.0 Å². The summed E-state index contributed by atoms with van der Waals surface area (Å²) in [6.07, 6.45) is 2.74. The van der Waals surface area contributed by atoms with Crippen LogP contribution in [0.25, 0.3) is 10.9 Å². The summed E-state index contributed by atoms with van der Waals surface area (Å²) < 4.78 is 7.29. The number of para-hydroxylation sites is 1. The van der Waals surface area contributed by atoms with Gasteiger partial charge < -0.3 is 9.64 Å². The van der Waals surface area contributed by atoms with Crippen LogP contribution >= 0.6 is 0 Å². The number of esters is 1. The Morgan fingerprint density at radius 3 is 2.87 bits per heavy atom. The Kier molecular flexibility index (Phi) is 6.11. The molecule has 0 saturated heterocycles. The zero-order chi connectivity index (χ0) is 21.1. The van der Waals surface area contributed by atoms with Gasteiger partial charge in [-0.3, -0.25) is 14.6 Å². The van der Waals surface area contributed by atoms with E-state index in [-0.39, 0.29) is 5.97 Å². The van der Waals surface area contributed by atoms with Gasteiger partial charge in [-0.15, -0.1) is 0 Å². The van der Waals surface area contributed by atoms with E-state index >= 15 is 0 Å². The minimum absolute atomic E-state index is 0.325. The lowest BCUT2D eigenvalue weighted by Crippen LogP contribution is -2.32. The second-order valence-electron chi connectivity index (χ2n) is 7.97. The van der Waals surface area contributed by atoms with Gasteiger partial charge in [0.05, 0.1) is 18.7 Å². The van der Waals surface area contributed by atoms with Crippen LogP contribution in [0.4, 0.5) is 0 Å². The number of carbonyl (C=O) groups is 1. The molecule has 0 aliphatic carbocycles. The fourth-order valence-electron chi connectivity index (χ4n) is 4.06. The van der Waals surface area contributed by atoms with Crippen LogP contribution in [0.2, 0.25) is 0 Å². The van der Waals surface area contributed by atoms with Crippen LogP contribution in [0.15, 0.2) is 36.5 Å². The van der Waals surface area contributed by atoms with Crippen molar-refractivity contribution in [2.24, 2.45) is 0 Å². The molecule has 1 aliphatic rings. The summed E-state index contributed by atoms with van der Waals surface area (Å²) in [5.41, 5.74) is 4.90. The first-order valence-electron chi connectivity index (χ1n) is 10.5. The maximum absolute atomic E-state index is 12.6. The van der Waals surface area contributed by atoms with Gasteiger partial charge in [0.15, 0.2) is 5.69 Å². The van der Waals surface area contributed by atoms with Crippen molar-refractivity contribution in [2.45, 2.75) is 33.0 Å². The lowest BCUT2D eigenvalue weighted by atomic mass is 10.0. The van der Waals surface area contributed by atoms with E-state index in [4.69, 9.17) is 4.74 Å². The molecule has 0 amide bonds. The summed E-state index contributed by atoms with van der Waals surface area (Å²) in [5, 5.41) is 5.83. The number of nitrogens with zero attached hydrogens (tertiary/aromatic N) is 5. The second kappa shape index (κ2) is 8.93. The molecule has 30 heavy (non-hydrogen) atoms. The molecule has 158 valence electrons. The predicted octanol–water partition coefficient (Wildman–Crippen LogP) is 2.73. The first-order valence-corrected chi connectivity index (χ1v) is 10.5. The smallest absolute Gasteiger partial charge is 0.359 e. The molecule has 7 nitrogen and oxygen atoms in total. The quantitative estimate of drug-likeness (QED) is 0.561. The maximum atomic E-state index is 12.6. The van der Waals surface area contributed by atoms with Crippen LogP contribution in [-0.4, -0.2) is 64.3 Å². The van der Waals surface area contributed by atoms with Crippen molar-refractivity contribution in [2.75, 3.05) is 33.8 Å². The Hall–Kier alpha value is -2.77. The first kappa shape index (κ1) is 20.5. The summed E-state index contributed by atoms with van der Waals surface area (Å²) in [6.45, 7) is 6.27. The van der Waals surface area contributed by atoms with Gasteiger partial charge in [0.2, 0.25) is 0 Å². The Morgan fingerprint density at radius 1 is 1.23 bits per heavy atom. The monoisotopic (exact) mass is 407 g/mol. The van der Waals surface area contributed by atoms with Gasteiger partial charge in [-0.2, -0.15) is 5.10 Å². The van der Waals surface area contributed by atoms with Gasteiger partial charge in [-0.25, -0.2) is 4.79 Å². The number of carbonyl (C=O) groups excluding carboxylic acids is 1. The molecule has 1 aromatic carbocycles. The molecule has 0 fully saturated rings. The summed E-state index contributed by atoms with van der Waals surface area (Å²) in [5.74, 6) is -0.325. The highest BCUT2D eigenvalue weighted by Gasteiger charge is 2.29. The zero-order valence-electron chi connectivity index (χ0n) is 18.0. The van der Waals surface area contributed by atoms with Gasteiger partial charge in [-0.1, -0.05) is 18.2 Å². The summed E-state index contributed by atoms with van der Waals surface area (Å²) in [4.78, 5) is 21.5. The summed E-state index contributed by atoms with van der Waals surface area (Å²) in [7, 11) is 4.09. The van der Waals surface area contributed by atoms with Gasteiger partial charge in [-0.05, 0) is 38.7 Å². The highest BCUT2D eigenvalue weighted by molar-refractivity contribution is 5.89. The van der Waals surface area contributed by atoms with E-state index in [1.165, 1.54) is 10.9 Å². The maximum Gasteiger partial charge on any atom is 0.359 e. The Labute approximate surface area is 177 Å². The molecular formula is C23H29N5O2. The number of hydrogen-bond donors (Lipinski definition) is 0. The normalized spacial score (nSPS) is 14.3. The van der Waals surface area contributed by atoms with Gasteiger partial charge in [0, 0.05) is 55.4 Å². The minimum atomic E-state index is -0.325. The van der Waals surface area contributed by atoms with Gasteiger partial charge >= 0.3 is 5.97 Å². The summed E-state index contributed by atoms with van der Waals surface area (Å²) in [6, 6.07) is 10.3. The standard InChI is InChI=1S/C23H29N5O2/c1-4-30-23(29)22-19-16-27(12-10-21(19)28(25-22)14-13-26(2)3)15-17-9-11-24-20-8-6-5-7-18(17)20/h5-9,11H,4,10,12-16H2,1-3H3. The second-order valence-corrected chi connectivity index (χ2v) is 7.97. The fraction of sp³-hybridized carbons (Fsp3) is 0.435. The molecule has 3 heterocycles. The molecule has 0 saturated carbocycles. The number of likely N-dealkylation sites (N-methyl/N-ethyl adjacent to an activating group) is 1. The average Bonchev–Trinajstić information content (AvgIpc) is 3.11. The predicted molar refractivity (Wildman–Crippen MR) is 116 cm³/mol. The highest BCUT2D eigenvalue weighted by atomic mass is 16.5. The van der Waals surface area contributed by atoms with E-state index in [1.54, 1.807) is 0 Å². The fourth-order valence-corrected chi connectivity index (χ4v) is 4.06. The Morgan fingerprint density at radius 2 is 2.07 bits per heavy atom. The third kappa shape index (κ3) is 4.22. The molecule has 0 unspecified atom stereocenters. The molecule has 7 heteroatoms. The summed E-state index contributed by atoms with van der Waals surface area (Å²) >= 11 is 0. The molecule has 2 aromatic heterocycles. The molecule has 3 aromatic rings. The third-order valence-electron chi connectivity index (χ3n) is 5.57. The van der Waals surface area contributed by atoms with Crippen LogP contribution in [-0.2, 0) is 30.8 Å². The van der Waals surface area contributed by atoms with Crippen LogP contribution in [0.5, 0.6) is 0 Å². The van der Waals surface area contributed by atoms with E-state index in [2.05, 4.69) is 38.1 Å². The molecule has 0 spiro atoms. The number of fused-ring (bicyclic) bond motifs is 2. The van der Waals surface area contributed by atoms with E-state index in [0.29, 0.717) is 18.8 Å². The topological polar surface area (TPSA) is 63.5 Å². The molecule has 0 radical (unpaired) electrons. The minimum Gasteiger partial charge on any atom is -0.461 e. The van der Waals surface area contributed by atoms with Crippen LogP contribution in [0.3, 0.4) is 0 Å². The number of benzene rings is 1.